The second-order valence-corrected chi connectivity index (χ2v) is 5.81. The summed E-state index contributed by atoms with van der Waals surface area (Å²) in [5.41, 5.74) is 11.1. The summed E-state index contributed by atoms with van der Waals surface area (Å²) in [6, 6.07) is 11.3. The molecular weight excluding hydrogens is 230 g/mol. The Kier molecular flexibility index (Phi) is 2.00. The molecule has 0 atom stereocenters. The zero-order valence-corrected chi connectivity index (χ0v) is 11.6. The van der Waals surface area contributed by atoms with E-state index in [0.717, 1.165) is 6.42 Å². The van der Waals surface area contributed by atoms with Crippen molar-refractivity contribution in [1.82, 2.24) is 4.98 Å². The van der Waals surface area contributed by atoms with Crippen LogP contribution in [0.3, 0.4) is 0 Å². The van der Waals surface area contributed by atoms with Gasteiger partial charge in [-0.3, -0.25) is 0 Å². The molecule has 0 spiro atoms. The Bertz CT molecular complexity index is 821. The predicted molar refractivity (Wildman–Crippen MR) is 80.8 cm³/mol. The number of rotatable bonds is 0. The van der Waals surface area contributed by atoms with Crippen LogP contribution in [0.15, 0.2) is 30.3 Å². The lowest BCUT2D eigenvalue weighted by atomic mass is 10.00. The molecule has 1 aliphatic carbocycles. The molecule has 1 nitrogen and oxygen atoms in total. The SMILES string of the molecule is Cc1cc(C)c2c(c1)-c1[nH]c3ccc(C)cc3c1C2. The molecule has 1 aromatic heterocycles. The van der Waals surface area contributed by atoms with Crippen molar-refractivity contribution in [1.29, 1.82) is 0 Å². The Morgan fingerprint density at radius 1 is 0.895 bits per heavy atom. The van der Waals surface area contributed by atoms with Gasteiger partial charge in [-0.25, -0.2) is 0 Å². The average Bonchev–Trinajstić information content (AvgIpc) is 2.87. The van der Waals surface area contributed by atoms with Crippen molar-refractivity contribution in [2.45, 2.75) is 27.2 Å². The van der Waals surface area contributed by atoms with Gasteiger partial charge >= 0.3 is 0 Å². The third kappa shape index (κ3) is 1.42. The van der Waals surface area contributed by atoms with E-state index in [1.54, 1.807) is 0 Å². The number of H-pyrrole nitrogens is 1. The summed E-state index contributed by atoms with van der Waals surface area (Å²) < 4.78 is 0. The van der Waals surface area contributed by atoms with Gasteiger partial charge in [0, 0.05) is 22.9 Å². The number of aromatic nitrogens is 1. The molecule has 0 saturated heterocycles. The molecule has 0 radical (unpaired) electrons. The van der Waals surface area contributed by atoms with E-state index in [-0.39, 0.29) is 0 Å². The van der Waals surface area contributed by atoms with Gasteiger partial charge in [-0.15, -0.1) is 0 Å². The molecule has 1 heteroatoms. The molecule has 0 saturated carbocycles. The van der Waals surface area contributed by atoms with Crippen molar-refractivity contribution in [2.75, 3.05) is 0 Å². The van der Waals surface area contributed by atoms with Crippen LogP contribution in [0.4, 0.5) is 0 Å². The number of aromatic amines is 1. The van der Waals surface area contributed by atoms with E-state index in [0.29, 0.717) is 0 Å². The standard InChI is InChI=1S/C18H17N/c1-10-4-5-17-14(7-10)16-9-13-12(3)6-11(2)8-15(13)18(16)19-17/h4-8,19H,9H2,1-3H3. The monoisotopic (exact) mass is 247 g/mol. The van der Waals surface area contributed by atoms with E-state index in [1.165, 1.54) is 50.0 Å². The molecule has 0 aliphatic heterocycles. The van der Waals surface area contributed by atoms with Crippen molar-refractivity contribution < 1.29 is 0 Å². The van der Waals surface area contributed by atoms with Crippen LogP contribution in [0.1, 0.15) is 27.8 Å². The Balaban J connectivity index is 2.07. The third-order valence-electron chi connectivity index (χ3n) is 4.30. The van der Waals surface area contributed by atoms with Crippen LogP contribution in [-0.2, 0) is 6.42 Å². The fourth-order valence-corrected chi connectivity index (χ4v) is 3.41. The van der Waals surface area contributed by atoms with Crippen molar-refractivity contribution in [3.05, 3.63) is 58.1 Å². The highest BCUT2D eigenvalue weighted by Crippen LogP contribution is 2.42. The number of fused-ring (bicyclic) bond motifs is 5. The molecule has 0 amide bonds. The summed E-state index contributed by atoms with van der Waals surface area (Å²) in [7, 11) is 0. The van der Waals surface area contributed by atoms with Crippen LogP contribution in [0.25, 0.3) is 22.2 Å². The van der Waals surface area contributed by atoms with E-state index in [4.69, 9.17) is 0 Å². The highest BCUT2D eigenvalue weighted by Gasteiger charge is 2.24. The summed E-state index contributed by atoms with van der Waals surface area (Å²) in [6.07, 6.45) is 1.07. The highest BCUT2D eigenvalue weighted by molar-refractivity contribution is 5.95. The topological polar surface area (TPSA) is 15.8 Å². The fraction of sp³-hybridized carbons (Fsp3) is 0.222. The quantitative estimate of drug-likeness (QED) is 0.465. The molecule has 0 bridgehead atoms. The first-order valence-corrected chi connectivity index (χ1v) is 6.85. The molecule has 2 aromatic carbocycles. The zero-order chi connectivity index (χ0) is 13.1. The molecule has 4 rings (SSSR count). The Labute approximate surface area is 113 Å². The molecule has 1 aliphatic rings. The summed E-state index contributed by atoms with van der Waals surface area (Å²) >= 11 is 0. The molecule has 0 unspecified atom stereocenters. The van der Waals surface area contributed by atoms with Gasteiger partial charge in [0.2, 0.25) is 0 Å². The van der Waals surface area contributed by atoms with Gasteiger partial charge in [-0.1, -0.05) is 23.3 Å². The smallest absolute Gasteiger partial charge is 0.0503 e. The van der Waals surface area contributed by atoms with E-state index >= 15 is 0 Å². The van der Waals surface area contributed by atoms with Crippen LogP contribution in [0.5, 0.6) is 0 Å². The minimum atomic E-state index is 1.07. The fourth-order valence-electron chi connectivity index (χ4n) is 3.41. The number of nitrogens with one attached hydrogen (secondary N) is 1. The first-order chi connectivity index (χ1) is 9.13. The molecule has 3 aromatic rings. The summed E-state index contributed by atoms with van der Waals surface area (Å²) in [6.45, 7) is 6.57. The van der Waals surface area contributed by atoms with Crippen LogP contribution >= 0.6 is 0 Å². The van der Waals surface area contributed by atoms with E-state index < -0.39 is 0 Å². The average molecular weight is 247 g/mol. The Morgan fingerprint density at radius 2 is 1.74 bits per heavy atom. The van der Waals surface area contributed by atoms with Crippen LogP contribution in [0.2, 0.25) is 0 Å². The largest absolute Gasteiger partial charge is 0.354 e. The third-order valence-corrected chi connectivity index (χ3v) is 4.30. The van der Waals surface area contributed by atoms with Gasteiger partial charge in [0.1, 0.15) is 0 Å². The number of aryl methyl sites for hydroxylation is 3. The van der Waals surface area contributed by atoms with E-state index in [9.17, 15) is 0 Å². The number of benzene rings is 2. The lowest BCUT2D eigenvalue weighted by Crippen LogP contribution is -1.89. The number of hydrogen-bond donors (Lipinski definition) is 1. The second kappa shape index (κ2) is 3.51. The van der Waals surface area contributed by atoms with Crippen LogP contribution in [-0.4, -0.2) is 4.98 Å². The number of hydrogen-bond acceptors (Lipinski definition) is 0. The summed E-state index contributed by atoms with van der Waals surface area (Å²) in [5, 5.41) is 1.39. The lowest BCUT2D eigenvalue weighted by Gasteiger charge is -2.06. The molecule has 0 fully saturated rings. The molecule has 19 heavy (non-hydrogen) atoms. The van der Waals surface area contributed by atoms with Gasteiger partial charge in [-0.05, 0) is 55.7 Å². The maximum absolute atomic E-state index is 3.61. The molecular formula is C18H17N. The summed E-state index contributed by atoms with van der Waals surface area (Å²) in [4.78, 5) is 3.61. The van der Waals surface area contributed by atoms with E-state index in [2.05, 4.69) is 56.1 Å². The van der Waals surface area contributed by atoms with Crippen molar-refractivity contribution in [3.63, 3.8) is 0 Å². The van der Waals surface area contributed by atoms with Crippen LogP contribution < -0.4 is 0 Å². The van der Waals surface area contributed by atoms with Gasteiger partial charge in [-0.2, -0.15) is 0 Å². The van der Waals surface area contributed by atoms with Gasteiger partial charge in [0.25, 0.3) is 0 Å². The molecule has 1 heterocycles. The first kappa shape index (κ1) is 10.9. The molecule has 1 N–H and O–H groups in total. The highest BCUT2D eigenvalue weighted by atomic mass is 14.7. The maximum Gasteiger partial charge on any atom is 0.0503 e. The lowest BCUT2D eigenvalue weighted by molar-refractivity contribution is 1.22. The summed E-state index contributed by atoms with van der Waals surface area (Å²) in [5.74, 6) is 0. The van der Waals surface area contributed by atoms with Gasteiger partial charge < -0.3 is 4.98 Å². The zero-order valence-electron chi connectivity index (χ0n) is 11.6. The molecule has 94 valence electrons. The second-order valence-electron chi connectivity index (χ2n) is 5.81. The minimum Gasteiger partial charge on any atom is -0.354 e. The van der Waals surface area contributed by atoms with Crippen molar-refractivity contribution in [3.8, 4) is 11.3 Å². The Hall–Kier alpha value is -2.02. The maximum atomic E-state index is 3.61. The van der Waals surface area contributed by atoms with Crippen LogP contribution in [0, 0.1) is 20.8 Å². The van der Waals surface area contributed by atoms with E-state index in [1.807, 2.05) is 0 Å². The van der Waals surface area contributed by atoms with Crippen molar-refractivity contribution >= 4 is 10.9 Å². The normalized spacial score (nSPS) is 12.8. The van der Waals surface area contributed by atoms with Gasteiger partial charge in [0.05, 0.1) is 5.69 Å². The Morgan fingerprint density at radius 3 is 2.58 bits per heavy atom. The first-order valence-electron chi connectivity index (χ1n) is 6.85. The van der Waals surface area contributed by atoms with Gasteiger partial charge in [0.15, 0.2) is 0 Å². The predicted octanol–water partition coefficient (Wildman–Crippen LogP) is 4.66. The minimum absolute atomic E-state index is 1.07. The van der Waals surface area contributed by atoms with Crippen molar-refractivity contribution in [2.24, 2.45) is 0 Å².